The first-order chi connectivity index (χ1) is 12.6. The maximum atomic E-state index is 11.8. The van der Waals surface area contributed by atoms with Crippen LogP contribution in [0.3, 0.4) is 0 Å². The quantitative estimate of drug-likeness (QED) is 0.520. The van der Waals surface area contributed by atoms with Crippen LogP contribution in [0.15, 0.2) is 47.6 Å². The zero-order valence-corrected chi connectivity index (χ0v) is 15.6. The molecule has 138 valence electrons. The van der Waals surface area contributed by atoms with Crippen LogP contribution in [0, 0.1) is 0 Å². The summed E-state index contributed by atoms with van der Waals surface area (Å²) in [7, 11) is 1.63. The van der Waals surface area contributed by atoms with Gasteiger partial charge in [-0.15, -0.1) is 11.8 Å². The minimum absolute atomic E-state index is 0.0722. The van der Waals surface area contributed by atoms with Crippen LogP contribution in [-0.2, 0) is 10.5 Å². The molecule has 0 heterocycles. The molecule has 7 heteroatoms. The van der Waals surface area contributed by atoms with Crippen LogP contribution in [0.4, 0.5) is 0 Å². The van der Waals surface area contributed by atoms with Crippen molar-refractivity contribution in [3.8, 4) is 17.2 Å². The van der Waals surface area contributed by atoms with E-state index in [0.717, 1.165) is 22.6 Å². The molecule has 0 saturated heterocycles. The first-order valence-corrected chi connectivity index (χ1v) is 9.26. The second-order valence-corrected chi connectivity index (χ2v) is 6.28. The van der Waals surface area contributed by atoms with Crippen molar-refractivity contribution >= 4 is 23.9 Å². The molecule has 0 spiro atoms. The number of benzene rings is 2. The summed E-state index contributed by atoms with van der Waals surface area (Å²) >= 11 is 1.51. The summed E-state index contributed by atoms with van der Waals surface area (Å²) in [5.74, 6) is 2.14. The number of carbonyl (C=O) groups excluding carboxylic acids is 1. The molecule has 0 aliphatic heterocycles. The highest BCUT2D eigenvalue weighted by Gasteiger charge is 2.03. The standard InChI is InChI=1S/C19H22N2O4S/c1-3-25-18-10-15(6-9-17(18)22)11-20-21-19(23)13-26-12-14-4-7-16(24-2)8-5-14/h4-11,22H,3,12-13H2,1-2H3,(H,21,23)/b20-11-. The van der Waals surface area contributed by atoms with E-state index in [-0.39, 0.29) is 11.7 Å². The first-order valence-electron chi connectivity index (χ1n) is 8.10. The molecule has 26 heavy (non-hydrogen) atoms. The van der Waals surface area contributed by atoms with Crippen molar-refractivity contribution in [2.45, 2.75) is 12.7 Å². The molecule has 0 aliphatic rings. The molecule has 1 amide bonds. The fraction of sp³-hybridized carbons (Fsp3) is 0.263. The predicted octanol–water partition coefficient (Wildman–Crippen LogP) is 3.18. The van der Waals surface area contributed by atoms with Gasteiger partial charge in [0.2, 0.25) is 5.91 Å². The third-order valence-electron chi connectivity index (χ3n) is 3.35. The third-order valence-corrected chi connectivity index (χ3v) is 4.35. The summed E-state index contributed by atoms with van der Waals surface area (Å²) < 4.78 is 10.4. The van der Waals surface area contributed by atoms with Gasteiger partial charge in [-0.1, -0.05) is 12.1 Å². The van der Waals surface area contributed by atoms with Crippen LogP contribution in [0.5, 0.6) is 17.2 Å². The lowest BCUT2D eigenvalue weighted by atomic mass is 10.2. The predicted molar refractivity (Wildman–Crippen MR) is 104 cm³/mol. The van der Waals surface area contributed by atoms with Crippen LogP contribution in [0.1, 0.15) is 18.1 Å². The van der Waals surface area contributed by atoms with E-state index in [0.29, 0.717) is 18.1 Å². The van der Waals surface area contributed by atoms with E-state index < -0.39 is 0 Å². The van der Waals surface area contributed by atoms with Gasteiger partial charge in [0.1, 0.15) is 5.75 Å². The van der Waals surface area contributed by atoms with Gasteiger partial charge in [-0.3, -0.25) is 4.79 Å². The summed E-state index contributed by atoms with van der Waals surface area (Å²) in [4.78, 5) is 11.8. The molecule has 0 unspecified atom stereocenters. The Morgan fingerprint density at radius 1 is 1.27 bits per heavy atom. The van der Waals surface area contributed by atoms with Crippen LogP contribution < -0.4 is 14.9 Å². The number of rotatable bonds is 9. The average molecular weight is 374 g/mol. The molecule has 2 N–H and O–H groups in total. The number of methoxy groups -OCH3 is 1. The van der Waals surface area contributed by atoms with Crippen molar-refractivity contribution in [2.24, 2.45) is 5.10 Å². The Balaban J connectivity index is 1.75. The normalized spacial score (nSPS) is 10.7. The molecule has 0 radical (unpaired) electrons. The summed E-state index contributed by atoms with van der Waals surface area (Å²) in [5.41, 5.74) is 4.33. The number of phenolic OH excluding ortho intramolecular Hbond substituents is 1. The van der Waals surface area contributed by atoms with E-state index in [1.165, 1.54) is 24.0 Å². The molecule has 0 aromatic heterocycles. The summed E-state index contributed by atoms with van der Waals surface area (Å²) in [6, 6.07) is 12.6. The van der Waals surface area contributed by atoms with Gasteiger partial charge in [0, 0.05) is 5.75 Å². The third kappa shape index (κ3) is 6.33. The van der Waals surface area contributed by atoms with Gasteiger partial charge in [-0.05, 0) is 48.4 Å². The zero-order valence-electron chi connectivity index (χ0n) is 14.8. The highest BCUT2D eigenvalue weighted by atomic mass is 32.2. The average Bonchev–Trinajstić information content (AvgIpc) is 2.65. The maximum Gasteiger partial charge on any atom is 0.250 e. The van der Waals surface area contributed by atoms with Crippen molar-refractivity contribution in [1.29, 1.82) is 0 Å². The topological polar surface area (TPSA) is 80.2 Å². The van der Waals surface area contributed by atoms with Crippen molar-refractivity contribution in [3.05, 3.63) is 53.6 Å². The highest BCUT2D eigenvalue weighted by molar-refractivity contribution is 7.99. The highest BCUT2D eigenvalue weighted by Crippen LogP contribution is 2.26. The van der Waals surface area contributed by atoms with Gasteiger partial charge < -0.3 is 14.6 Å². The van der Waals surface area contributed by atoms with Gasteiger partial charge in [0.05, 0.1) is 25.7 Å². The van der Waals surface area contributed by atoms with E-state index in [1.807, 2.05) is 31.2 Å². The largest absolute Gasteiger partial charge is 0.504 e. The minimum atomic E-state index is -0.177. The second-order valence-electron chi connectivity index (χ2n) is 5.29. The summed E-state index contributed by atoms with van der Waals surface area (Å²) in [6.07, 6.45) is 1.51. The SMILES string of the molecule is CCOc1cc(/C=N\NC(=O)CSCc2ccc(OC)cc2)ccc1O. The Morgan fingerprint density at radius 3 is 2.73 bits per heavy atom. The number of carbonyl (C=O) groups is 1. The van der Waals surface area contributed by atoms with Gasteiger partial charge >= 0.3 is 0 Å². The van der Waals surface area contributed by atoms with E-state index >= 15 is 0 Å². The molecule has 0 saturated carbocycles. The molecule has 2 aromatic rings. The lowest BCUT2D eigenvalue weighted by molar-refractivity contribution is -0.118. The van der Waals surface area contributed by atoms with Gasteiger partial charge in [-0.2, -0.15) is 5.10 Å². The monoisotopic (exact) mass is 374 g/mol. The molecule has 0 atom stereocenters. The number of phenols is 1. The smallest absolute Gasteiger partial charge is 0.250 e. The Morgan fingerprint density at radius 2 is 2.04 bits per heavy atom. The number of nitrogens with one attached hydrogen (secondary N) is 1. The fourth-order valence-electron chi connectivity index (χ4n) is 2.08. The van der Waals surface area contributed by atoms with Crippen LogP contribution in [0.2, 0.25) is 0 Å². The molecule has 0 bridgehead atoms. The van der Waals surface area contributed by atoms with Gasteiger partial charge in [0.15, 0.2) is 11.5 Å². The van der Waals surface area contributed by atoms with Crippen molar-refractivity contribution in [2.75, 3.05) is 19.5 Å². The Labute approximate surface area is 157 Å². The number of hydrazone groups is 1. The lowest BCUT2D eigenvalue weighted by Crippen LogP contribution is -2.19. The van der Waals surface area contributed by atoms with E-state index in [9.17, 15) is 9.90 Å². The number of hydrogen-bond donors (Lipinski definition) is 2. The lowest BCUT2D eigenvalue weighted by Gasteiger charge is -2.06. The summed E-state index contributed by atoms with van der Waals surface area (Å²) in [5, 5.41) is 13.6. The molecule has 6 nitrogen and oxygen atoms in total. The number of amides is 1. The van der Waals surface area contributed by atoms with Crippen LogP contribution in [-0.4, -0.2) is 36.7 Å². The van der Waals surface area contributed by atoms with Gasteiger partial charge in [-0.25, -0.2) is 5.43 Å². The van der Waals surface area contributed by atoms with E-state index in [4.69, 9.17) is 9.47 Å². The molecular weight excluding hydrogens is 352 g/mol. The van der Waals surface area contributed by atoms with Crippen LogP contribution in [0.25, 0.3) is 0 Å². The number of aromatic hydroxyl groups is 1. The zero-order chi connectivity index (χ0) is 18.8. The molecule has 2 rings (SSSR count). The van der Waals surface area contributed by atoms with Crippen molar-refractivity contribution < 1.29 is 19.4 Å². The molecule has 2 aromatic carbocycles. The Bertz CT molecular complexity index is 748. The van der Waals surface area contributed by atoms with Gasteiger partial charge in [0.25, 0.3) is 0 Å². The number of nitrogens with zero attached hydrogens (tertiary/aromatic N) is 1. The Hall–Kier alpha value is -2.67. The fourth-order valence-corrected chi connectivity index (χ4v) is 2.86. The molecular formula is C19H22N2O4S. The van der Waals surface area contributed by atoms with Crippen molar-refractivity contribution in [1.82, 2.24) is 5.43 Å². The maximum absolute atomic E-state index is 11.8. The van der Waals surface area contributed by atoms with Crippen molar-refractivity contribution in [3.63, 3.8) is 0 Å². The number of ether oxygens (including phenoxy) is 2. The molecule has 0 aliphatic carbocycles. The van der Waals surface area contributed by atoms with Crippen LogP contribution >= 0.6 is 11.8 Å². The summed E-state index contributed by atoms with van der Waals surface area (Å²) in [6.45, 7) is 2.29. The number of thioether (sulfide) groups is 1. The molecule has 0 fully saturated rings. The number of hydrogen-bond acceptors (Lipinski definition) is 6. The Kier molecular flexibility index (Phi) is 7.82. The van der Waals surface area contributed by atoms with E-state index in [1.54, 1.807) is 19.2 Å². The van der Waals surface area contributed by atoms with E-state index in [2.05, 4.69) is 10.5 Å². The second kappa shape index (κ2) is 10.4. The minimum Gasteiger partial charge on any atom is -0.504 e. The first kappa shape index (κ1) is 19.7.